The molecular weight excluding hydrogens is 202 g/mol. The molecule has 0 amide bonds. The van der Waals surface area contributed by atoms with Crippen LogP contribution in [-0.4, -0.2) is 6.26 Å². The van der Waals surface area contributed by atoms with Gasteiger partial charge in [0.1, 0.15) is 0 Å². The van der Waals surface area contributed by atoms with E-state index in [0.29, 0.717) is 5.92 Å². The summed E-state index contributed by atoms with van der Waals surface area (Å²) in [5.41, 5.74) is 7.99. The highest BCUT2D eigenvalue weighted by Crippen LogP contribution is 2.36. The smallest absolute Gasteiger partial charge is 0.0562 e. The number of halogens is 1. The molecule has 0 saturated heterocycles. The van der Waals surface area contributed by atoms with Crippen molar-refractivity contribution in [3.05, 3.63) is 22.7 Å². The second kappa shape index (κ2) is 4.25. The van der Waals surface area contributed by atoms with Crippen molar-refractivity contribution in [2.45, 2.75) is 24.7 Å². The lowest BCUT2D eigenvalue weighted by Gasteiger charge is -2.13. The molecule has 0 aliphatic carbocycles. The maximum Gasteiger partial charge on any atom is 0.0562 e. The number of thioether (sulfide) groups is 1. The molecule has 0 fully saturated rings. The molecule has 3 heteroatoms. The topological polar surface area (TPSA) is 26.0 Å². The van der Waals surface area contributed by atoms with E-state index in [-0.39, 0.29) is 0 Å². The quantitative estimate of drug-likeness (QED) is 0.601. The van der Waals surface area contributed by atoms with Crippen molar-refractivity contribution < 1.29 is 0 Å². The van der Waals surface area contributed by atoms with Gasteiger partial charge in [0.25, 0.3) is 0 Å². The predicted molar refractivity (Wildman–Crippen MR) is 61.7 cm³/mol. The molecule has 0 radical (unpaired) electrons. The summed E-state index contributed by atoms with van der Waals surface area (Å²) in [5.74, 6) is 0.447. The fourth-order valence-corrected chi connectivity index (χ4v) is 2.30. The van der Waals surface area contributed by atoms with Crippen LogP contribution in [0.2, 0.25) is 5.02 Å². The van der Waals surface area contributed by atoms with Gasteiger partial charge >= 0.3 is 0 Å². The highest BCUT2D eigenvalue weighted by atomic mass is 35.5. The summed E-state index contributed by atoms with van der Waals surface area (Å²) in [4.78, 5) is 0.993. The maximum atomic E-state index is 6.01. The van der Waals surface area contributed by atoms with Crippen molar-refractivity contribution in [3.63, 3.8) is 0 Å². The summed E-state index contributed by atoms with van der Waals surface area (Å²) < 4.78 is 0. The molecule has 2 N–H and O–H groups in total. The predicted octanol–water partition coefficient (Wildman–Crippen LogP) is 3.77. The van der Waals surface area contributed by atoms with Crippen molar-refractivity contribution in [1.82, 2.24) is 0 Å². The van der Waals surface area contributed by atoms with E-state index in [4.69, 9.17) is 17.3 Å². The lowest BCUT2D eigenvalue weighted by Crippen LogP contribution is -1.98. The molecule has 1 rings (SSSR count). The number of nitrogens with two attached hydrogens (primary N) is 1. The van der Waals surface area contributed by atoms with Gasteiger partial charge in [-0.1, -0.05) is 31.5 Å². The zero-order valence-electron chi connectivity index (χ0n) is 8.10. The van der Waals surface area contributed by atoms with Gasteiger partial charge in [0.05, 0.1) is 10.7 Å². The molecule has 0 aliphatic heterocycles. The highest BCUT2D eigenvalue weighted by Gasteiger charge is 2.10. The van der Waals surface area contributed by atoms with Crippen LogP contribution in [0, 0.1) is 0 Å². The Morgan fingerprint density at radius 3 is 2.46 bits per heavy atom. The number of anilines is 1. The second-order valence-corrected chi connectivity index (χ2v) is 4.46. The molecule has 1 aromatic carbocycles. The van der Waals surface area contributed by atoms with Gasteiger partial charge in [0, 0.05) is 4.90 Å². The van der Waals surface area contributed by atoms with Crippen LogP contribution < -0.4 is 5.73 Å². The summed E-state index contributed by atoms with van der Waals surface area (Å²) in [7, 11) is 0. The Balaban J connectivity index is 3.27. The highest BCUT2D eigenvalue weighted by molar-refractivity contribution is 7.98. The Hall–Kier alpha value is -0.340. The molecule has 0 spiro atoms. The number of hydrogen-bond donors (Lipinski definition) is 1. The monoisotopic (exact) mass is 215 g/mol. The summed E-state index contributed by atoms with van der Waals surface area (Å²) in [5, 5.41) is 0.745. The molecule has 0 aromatic heterocycles. The average molecular weight is 216 g/mol. The van der Waals surface area contributed by atoms with Gasteiger partial charge < -0.3 is 5.73 Å². The van der Waals surface area contributed by atoms with Crippen molar-refractivity contribution in [2.24, 2.45) is 0 Å². The van der Waals surface area contributed by atoms with E-state index in [1.165, 1.54) is 5.56 Å². The number of rotatable bonds is 2. The molecule has 0 heterocycles. The van der Waals surface area contributed by atoms with Crippen molar-refractivity contribution in [1.29, 1.82) is 0 Å². The Labute approximate surface area is 88.7 Å². The summed E-state index contributed by atoms with van der Waals surface area (Å²) in [6.45, 7) is 4.26. The standard InChI is InChI=1S/C10H14ClNS/c1-6(2)7-4-5-8(11)10(13-3)9(7)12/h4-6H,12H2,1-3H3. The maximum absolute atomic E-state index is 6.01. The van der Waals surface area contributed by atoms with E-state index >= 15 is 0 Å². The lowest BCUT2D eigenvalue weighted by molar-refractivity contribution is 0.866. The first-order chi connectivity index (χ1) is 6.07. The zero-order chi connectivity index (χ0) is 10.0. The van der Waals surface area contributed by atoms with Gasteiger partial charge in [-0.25, -0.2) is 0 Å². The Morgan fingerprint density at radius 2 is 2.00 bits per heavy atom. The third kappa shape index (κ3) is 2.12. The SMILES string of the molecule is CSc1c(Cl)ccc(C(C)C)c1N. The molecule has 0 aliphatic rings. The molecule has 0 saturated carbocycles. The van der Waals surface area contributed by atoms with Gasteiger partial charge in [-0.3, -0.25) is 0 Å². The van der Waals surface area contributed by atoms with Crippen molar-refractivity contribution in [2.75, 3.05) is 12.0 Å². The number of hydrogen-bond acceptors (Lipinski definition) is 2. The van der Waals surface area contributed by atoms with Crippen LogP contribution in [0.1, 0.15) is 25.3 Å². The van der Waals surface area contributed by atoms with Gasteiger partial charge in [0.15, 0.2) is 0 Å². The second-order valence-electron chi connectivity index (χ2n) is 3.24. The Bertz CT molecular complexity index is 310. The average Bonchev–Trinajstić information content (AvgIpc) is 2.04. The van der Waals surface area contributed by atoms with Crippen LogP contribution in [0.4, 0.5) is 5.69 Å². The molecule has 0 atom stereocenters. The summed E-state index contributed by atoms with van der Waals surface area (Å²) in [6.07, 6.45) is 1.99. The minimum absolute atomic E-state index is 0.447. The molecule has 13 heavy (non-hydrogen) atoms. The molecule has 1 nitrogen and oxygen atoms in total. The van der Waals surface area contributed by atoms with Crippen LogP contribution in [0.15, 0.2) is 17.0 Å². The van der Waals surface area contributed by atoms with E-state index in [1.807, 2.05) is 18.4 Å². The van der Waals surface area contributed by atoms with Gasteiger partial charge in [-0.2, -0.15) is 0 Å². The van der Waals surface area contributed by atoms with Gasteiger partial charge in [-0.15, -0.1) is 11.8 Å². The minimum Gasteiger partial charge on any atom is -0.398 e. The first kappa shape index (κ1) is 10.7. The van der Waals surface area contributed by atoms with Crippen LogP contribution >= 0.6 is 23.4 Å². The van der Waals surface area contributed by atoms with Crippen LogP contribution in [-0.2, 0) is 0 Å². The van der Waals surface area contributed by atoms with E-state index < -0.39 is 0 Å². The molecular formula is C10H14ClNS. The first-order valence-electron chi connectivity index (χ1n) is 4.19. The normalized spacial score (nSPS) is 10.8. The molecule has 1 aromatic rings. The third-order valence-electron chi connectivity index (χ3n) is 2.01. The largest absolute Gasteiger partial charge is 0.398 e. The Morgan fingerprint density at radius 1 is 1.38 bits per heavy atom. The van der Waals surface area contributed by atoms with E-state index in [2.05, 4.69) is 13.8 Å². The molecule has 0 unspecified atom stereocenters. The molecule has 72 valence electrons. The number of benzene rings is 1. The van der Waals surface area contributed by atoms with Crippen LogP contribution in [0.25, 0.3) is 0 Å². The van der Waals surface area contributed by atoms with Gasteiger partial charge in [0.2, 0.25) is 0 Å². The minimum atomic E-state index is 0.447. The van der Waals surface area contributed by atoms with Gasteiger partial charge in [-0.05, 0) is 23.8 Å². The lowest BCUT2D eigenvalue weighted by atomic mass is 10.0. The molecule has 0 bridgehead atoms. The fourth-order valence-electron chi connectivity index (χ4n) is 1.30. The Kier molecular flexibility index (Phi) is 3.51. The van der Waals surface area contributed by atoms with E-state index in [1.54, 1.807) is 11.8 Å². The first-order valence-corrected chi connectivity index (χ1v) is 5.80. The number of nitrogen functional groups attached to an aromatic ring is 1. The van der Waals surface area contributed by atoms with E-state index in [9.17, 15) is 0 Å². The van der Waals surface area contributed by atoms with E-state index in [0.717, 1.165) is 15.6 Å². The fraction of sp³-hybridized carbons (Fsp3) is 0.400. The summed E-state index contributed by atoms with van der Waals surface area (Å²) >= 11 is 7.60. The third-order valence-corrected chi connectivity index (χ3v) is 3.28. The van der Waals surface area contributed by atoms with Crippen molar-refractivity contribution >= 4 is 29.1 Å². The van der Waals surface area contributed by atoms with Crippen LogP contribution in [0.3, 0.4) is 0 Å². The zero-order valence-corrected chi connectivity index (χ0v) is 9.67. The van der Waals surface area contributed by atoms with Crippen LogP contribution in [0.5, 0.6) is 0 Å². The summed E-state index contributed by atoms with van der Waals surface area (Å²) in [6, 6.07) is 3.92. The van der Waals surface area contributed by atoms with Crippen molar-refractivity contribution in [3.8, 4) is 0 Å².